The van der Waals surface area contributed by atoms with Crippen LogP contribution in [-0.4, -0.2) is 53.2 Å². The van der Waals surface area contributed by atoms with E-state index in [4.69, 9.17) is 9.88 Å². The molecule has 0 radical (unpaired) electrons. The molecule has 30 heavy (non-hydrogen) atoms. The van der Waals surface area contributed by atoms with E-state index in [2.05, 4.69) is 41.0 Å². The first-order valence-electron chi connectivity index (χ1n) is 10.6. The maximum atomic E-state index is 11.7. The van der Waals surface area contributed by atoms with Gasteiger partial charge in [0.2, 0.25) is 10.0 Å². The number of para-hydroxylation sites is 1. The van der Waals surface area contributed by atoms with Gasteiger partial charge in [-0.15, -0.1) is 0 Å². The molecule has 3 rings (SSSR count). The summed E-state index contributed by atoms with van der Waals surface area (Å²) in [6.45, 7) is 7.65. The first kappa shape index (κ1) is 22.6. The molecule has 1 fully saturated rings. The monoisotopic (exact) mass is 431 g/mol. The molecule has 1 aliphatic rings. The molecule has 0 spiro atoms. The van der Waals surface area contributed by atoms with E-state index in [-0.39, 0.29) is 4.90 Å². The number of ether oxygens (including phenoxy) is 1. The van der Waals surface area contributed by atoms with Crippen LogP contribution in [0.4, 0.5) is 5.69 Å². The lowest BCUT2D eigenvalue weighted by Crippen LogP contribution is -2.46. The molecule has 7 heteroatoms. The summed E-state index contributed by atoms with van der Waals surface area (Å²) in [7, 11) is -2.33. The molecule has 0 unspecified atom stereocenters. The van der Waals surface area contributed by atoms with Gasteiger partial charge in [-0.2, -0.15) is 0 Å². The zero-order valence-electron chi connectivity index (χ0n) is 18.0. The summed E-state index contributed by atoms with van der Waals surface area (Å²) in [5.41, 5.74) is 3.68. The Kier molecular flexibility index (Phi) is 7.75. The Morgan fingerprint density at radius 3 is 2.40 bits per heavy atom. The van der Waals surface area contributed by atoms with Crippen molar-refractivity contribution in [2.24, 2.45) is 5.14 Å². The second kappa shape index (κ2) is 10.3. The Morgan fingerprint density at radius 1 is 1.00 bits per heavy atom. The van der Waals surface area contributed by atoms with Crippen LogP contribution >= 0.6 is 0 Å². The molecule has 0 amide bonds. The Balaban J connectivity index is 1.39. The fourth-order valence-corrected chi connectivity index (χ4v) is 4.82. The number of hydrogen-bond donors (Lipinski definition) is 1. The molecule has 0 bridgehead atoms. The van der Waals surface area contributed by atoms with Gasteiger partial charge in [-0.3, -0.25) is 4.90 Å². The smallest absolute Gasteiger partial charge is 0.241 e. The van der Waals surface area contributed by atoms with Crippen molar-refractivity contribution < 1.29 is 13.2 Å². The SMILES string of the molecule is COc1ccc(CCCCCN2CCN(c3ccccc3C)CC2)cc1S(N)(=O)=O. The van der Waals surface area contributed by atoms with E-state index in [9.17, 15) is 8.42 Å². The number of nitrogens with zero attached hydrogens (tertiary/aromatic N) is 2. The van der Waals surface area contributed by atoms with Crippen LogP contribution in [0.3, 0.4) is 0 Å². The van der Waals surface area contributed by atoms with Crippen LogP contribution in [0.5, 0.6) is 5.75 Å². The predicted octanol–water partition coefficient (Wildman–Crippen LogP) is 3.19. The number of methoxy groups -OCH3 is 1. The summed E-state index contributed by atoms with van der Waals surface area (Å²) >= 11 is 0. The fraction of sp³-hybridized carbons (Fsp3) is 0.478. The molecule has 1 heterocycles. The van der Waals surface area contributed by atoms with Gasteiger partial charge in [0, 0.05) is 31.9 Å². The molecule has 1 saturated heterocycles. The van der Waals surface area contributed by atoms with Crippen LogP contribution in [0.25, 0.3) is 0 Å². The third-order valence-corrected chi connectivity index (χ3v) is 6.73. The highest BCUT2D eigenvalue weighted by molar-refractivity contribution is 7.89. The minimum Gasteiger partial charge on any atom is -0.495 e. The molecule has 2 aromatic carbocycles. The van der Waals surface area contributed by atoms with Gasteiger partial charge < -0.3 is 9.64 Å². The van der Waals surface area contributed by atoms with Crippen LogP contribution in [-0.2, 0) is 16.4 Å². The second-order valence-corrected chi connectivity index (χ2v) is 9.49. The van der Waals surface area contributed by atoms with Crippen molar-refractivity contribution >= 4 is 15.7 Å². The average molecular weight is 432 g/mol. The number of benzene rings is 2. The van der Waals surface area contributed by atoms with Crippen molar-refractivity contribution in [2.75, 3.05) is 44.7 Å². The second-order valence-electron chi connectivity index (χ2n) is 7.96. The molecule has 2 aromatic rings. The predicted molar refractivity (Wildman–Crippen MR) is 122 cm³/mol. The summed E-state index contributed by atoms with van der Waals surface area (Å²) < 4.78 is 28.6. The number of piperazine rings is 1. The normalized spacial score (nSPS) is 15.4. The molecule has 0 atom stereocenters. The van der Waals surface area contributed by atoms with Gasteiger partial charge >= 0.3 is 0 Å². The number of anilines is 1. The summed E-state index contributed by atoms with van der Waals surface area (Å²) in [5.74, 6) is 0.297. The lowest BCUT2D eigenvalue weighted by atomic mass is 10.1. The maximum Gasteiger partial charge on any atom is 0.241 e. The highest BCUT2D eigenvalue weighted by Gasteiger charge is 2.18. The number of hydrogen-bond acceptors (Lipinski definition) is 5. The molecule has 164 valence electrons. The van der Waals surface area contributed by atoms with Crippen molar-refractivity contribution in [3.8, 4) is 5.75 Å². The standard InChI is InChI=1S/C23H33N3O3S/c1-19-8-5-6-10-21(19)26-16-14-25(15-17-26)13-7-3-4-9-20-11-12-22(29-2)23(18-20)30(24,27)28/h5-6,8,10-12,18H,3-4,7,9,13-17H2,1-2H3,(H2,24,27,28). The Morgan fingerprint density at radius 2 is 1.73 bits per heavy atom. The Bertz CT molecular complexity index is 938. The molecule has 2 N–H and O–H groups in total. The third-order valence-electron chi connectivity index (χ3n) is 5.80. The van der Waals surface area contributed by atoms with Gasteiger partial charge in [0.1, 0.15) is 10.6 Å². The molecule has 6 nitrogen and oxygen atoms in total. The minimum absolute atomic E-state index is 0.0639. The number of nitrogens with two attached hydrogens (primary N) is 1. The maximum absolute atomic E-state index is 11.7. The van der Waals surface area contributed by atoms with E-state index in [1.165, 1.54) is 18.4 Å². The van der Waals surface area contributed by atoms with Crippen LogP contribution < -0.4 is 14.8 Å². The van der Waals surface area contributed by atoms with Crippen LogP contribution in [0.2, 0.25) is 0 Å². The zero-order chi connectivity index (χ0) is 21.6. The first-order chi connectivity index (χ1) is 14.4. The molecule has 1 aliphatic heterocycles. The van der Waals surface area contributed by atoms with E-state index in [1.807, 2.05) is 6.07 Å². The Labute approximate surface area is 180 Å². The lowest BCUT2D eigenvalue weighted by Gasteiger charge is -2.36. The highest BCUT2D eigenvalue weighted by atomic mass is 32.2. The Hall–Kier alpha value is -2.09. The van der Waals surface area contributed by atoms with Crippen LogP contribution in [0.15, 0.2) is 47.4 Å². The largest absolute Gasteiger partial charge is 0.495 e. The fourth-order valence-electron chi connectivity index (χ4n) is 4.07. The molecular formula is C23H33N3O3S. The highest BCUT2D eigenvalue weighted by Crippen LogP contribution is 2.25. The number of aryl methyl sites for hydroxylation is 2. The topological polar surface area (TPSA) is 75.9 Å². The quantitative estimate of drug-likeness (QED) is 0.617. The number of sulfonamides is 1. The summed E-state index contributed by atoms with van der Waals surface area (Å²) in [5, 5.41) is 5.30. The van der Waals surface area contributed by atoms with Crippen molar-refractivity contribution in [3.05, 3.63) is 53.6 Å². The van der Waals surface area contributed by atoms with Crippen LogP contribution in [0.1, 0.15) is 30.4 Å². The first-order valence-corrected chi connectivity index (χ1v) is 12.2. The van der Waals surface area contributed by atoms with Gasteiger partial charge in [0.25, 0.3) is 0 Å². The van der Waals surface area contributed by atoms with E-state index in [1.54, 1.807) is 12.1 Å². The molecule has 0 saturated carbocycles. The van der Waals surface area contributed by atoms with Gasteiger partial charge in [-0.25, -0.2) is 13.6 Å². The molecular weight excluding hydrogens is 398 g/mol. The van der Waals surface area contributed by atoms with Gasteiger partial charge in [0.05, 0.1) is 7.11 Å². The number of rotatable bonds is 9. The third kappa shape index (κ3) is 5.97. The summed E-state index contributed by atoms with van der Waals surface area (Å²) in [6.07, 6.45) is 4.14. The van der Waals surface area contributed by atoms with Crippen molar-refractivity contribution in [2.45, 2.75) is 37.5 Å². The number of primary sulfonamides is 1. The minimum atomic E-state index is -3.78. The summed E-state index contributed by atoms with van der Waals surface area (Å²) in [6, 6.07) is 13.8. The van der Waals surface area contributed by atoms with E-state index in [0.717, 1.165) is 64.0 Å². The van der Waals surface area contributed by atoms with E-state index in [0.29, 0.717) is 5.75 Å². The number of unbranched alkanes of at least 4 members (excludes halogenated alkanes) is 2. The average Bonchev–Trinajstić information content (AvgIpc) is 2.74. The van der Waals surface area contributed by atoms with Crippen LogP contribution in [0, 0.1) is 6.92 Å². The van der Waals surface area contributed by atoms with E-state index < -0.39 is 10.0 Å². The van der Waals surface area contributed by atoms with Crippen molar-refractivity contribution in [3.63, 3.8) is 0 Å². The molecule has 0 aromatic heterocycles. The van der Waals surface area contributed by atoms with E-state index >= 15 is 0 Å². The van der Waals surface area contributed by atoms with Gasteiger partial charge in [0.15, 0.2) is 0 Å². The summed E-state index contributed by atoms with van der Waals surface area (Å²) in [4.78, 5) is 5.09. The van der Waals surface area contributed by atoms with Crippen molar-refractivity contribution in [1.82, 2.24) is 4.90 Å². The zero-order valence-corrected chi connectivity index (χ0v) is 18.8. The molecule has 0 aliphatic carbocycles. The lowest BCUT2D eigenvalue weighted by molar-refractivity contribution is 0.252. The van der Waals surface area contributed by atoms with Crippen molar-refractivity contribution in [1.29, 1.82) is 0 Å². The van der Waals surface area contributed by atoms with Gasteiger partial charge in [-0.05, 0) is 62.1 Å². The van der Waals surface area contributed by atoms with Gasteiger partial charge in [-0.1, -0.05) is 30.7 Å².